The summed E-state index contributed by atoms with van der Waals surface area (Å²) < 4.78 is 0. The van der Waals surface area contributed by atoms with Gasteiger partial charge in [0.25, 0.3) is 0 Å². The number of likely N-dealkylation sites (N-methyl/N-ethyl adjacent to an activating group) is 1. The predicted molar refractivity (Wildman–Crippen MR) is 78.8 cm³/mol. The smallest absolute Gasteiger partial charge is 0.223 e. The van der Waals surface area contributed by atoms with E-state index in [2.05, 4.69) is 4.90 Å². The van der Waals surface area contributed by atoms with Crippen molar-refractivity contribution in [3.63, 3.8) is 0 Å². The first-order chi connectivity index (χ1) is 8.99. The van der Waals surface area contributed by atoms with Crippen molar-refractivity contribution in [3.8, 4) is 0 Å². The Hall–Kier alpha value is -0.770. The lowest BCUT2D eigenvalue weighted by atomic mass is 10.0. The second kappa shape index (κ2) is 6.12. The number of carbonyl (C=O) groups is 1. The van der Waals surface area contributed by atoms with E-state index in [1.165, 1.54) is 0 Å². The van der Waals surface area contributed by atoms with Gasteiger partial charge in [-0.3, -0.25) is 4.79 Å². The highest BCUT2D eigenvalue weighted by Gasteiger charge is 2.31. The summed E-state index contributed by atoms with van der Waals surface area (Å²) in [5.41, 5.74) is 0.937. The van der Waals surface area contributed by atoms with E-state index in [-0.39, 0.29) is 5.91 Å². The second-order valence-corrected chi connectivity index (χ2v) is 5.91. The molecule has 0 atom stereocenters. The average molecular weight is 301 g/mol. The highest BCUT2D eigenvalue weighted by atomic mass is 35.5. The molecule has 1 aliphatic rings. The lowest BCUT2D eigenvalue weighted by Crippen LogP contribution is -2.59. The minimum absolute atomic E-state index is 0.189. The Morgan fingerprint density at radius 2 is 2.05 bits per heavy atom. The number of amides is 1. The van der Waals surface area contributed by atoms with Gasteiger partial charge in [-0.25, -0.2) is 0 Å². The van der Waals surface area contributed by atoms with Crippen LogP contribution in [0.25, 0.3) is 0 Å². The van der Waals surface area contributed by atoms with Gasteiger partial charge < -0.3 is 9.80 Å². The fourth-order valence-electron chi connectivity index (χ4n) is 2.13. The molecular weight excluding hydrogens is 283 g/mol. The van der Waals surface area contributed by atoms with E-state index in [4.69, 9.17) is 23.2 Å². The Balaban J connectivity index is 1.83. The van der Waals surface area contributed by atoms with Crippen molar-refractivity contribution in [2.45, 2.75) is 18.9 Å². The maximum atomic E-state index is 12.0. The van der Waals surface area contributed by atoms with Crippen LogP contribution in [0.3, 0.4) is 0 Å². The summed E-state index contributed by atoms with van der Waals surface area (Å²) in [7, 11) is 4.08. The largest absolute Gasteiger partial charge is 0.339 e. The van der Waals surface area contributed by atoms with Gasteiger partial charge >= 0.3 is 0 Å². The number of halogens is 2. The summed E-state index contributed by atoms with van der Waals surface area (Å²) in [6, 6.07) is 6.03. The molecule has 1 aliphatic heterocycles. The summed E-state index contributed by atoms with van der Waals surface area (Å²) in [5.74, 6) is 0.189. The number of nitrogens with zero attached hydrogens (tertiary/aromatic N) is 2. The van der Waals surface area contributed by atoms with Gasteiger partial charge in [0.15, 0.2) is 0 Å². The van der Waals surface area contributed by atoms with Gasteiger partial charge in [-0.1, -0.05) is 35.3 Å². The van der Waals surface area contributed by atoms with Crippen LogP contribution < -0.4 is 0 Å². The average Bonchev–Trinajstić information content (AvgIpc) is 2.28. The fraction of sp³-hybridized carbons (Fsp3) is 0.500. The van der Waals surface area contributed by atoms with Crippen molar-refractivity contribution >= 4 is 29.1 Å². The zero-order chi connectivity index (χ0) is 14.0. The van der Waals surface area contributed by atoms with Crippen LogP contribution in [-0.2, 0) is 11.2 Å². The SMILES string of the molecule is CN(C)C1CN(C(=O)CCc2cccc(Cl)c2Cl)C1. The van der Waals surface area contributed by atoms with Crippen LogP contribution in [0.4, 0.5) is 0 Å². The Kier molecular flexibility index (Phi) is 4.71. The van der Waals surface area contributed by atoms with Crippen molar-refractivity contribution in [3.05, 3.63) is 33.8 Å². The molecule has 19 heavy (non-hydrogen) atoms. The topological polar surface area (TPSA) is 23.6 Å². The van der Waals surface area contributed by atoms with Crippen LogP contribution in [0.5, 0.6) is 0 Å². The number of hydrogen-bond acceptors (Lipinski definition) is 2. The van der Waals surface area contributed by atoms with Crippen molar-refractivity contribution < 1.29 is 4.79 Å². The Bertz CT molecular complexity index is 471. The molecule has 0 aliphatic carbocycles. The van der Waals surface area contributed by atoms with Gasteiger partial charge in [0, 0.05) is 25.6 Å². The normalized spacial score (nSPS) is 15.7. The molecule has 1 amide bonds. The monoisotopic (exact) mass is 300 g/mol. The Morgan fingerprint density at radius 1 is 1.37 bits per heavy atom. The van der Waals surface area contributed by atoms with Crippen LogP contribution >= 0.6 is 23.2 Å². The second-order valence-electron chi connectivity index (χ2n) is 5.13. The summed E-state index contributed by atoms with van der Waals surface area (Å²) in [6.45, 7) is 1.66. The quantitative estimate of drug-likeness (QED) is 0.853. The van der Waals surface area contributed by atoms with Gasteiger partial charge in [-0.05, 0) is 32.1 Å². The van der Waals surface area contributed by atoms with Crippen LogP contribution in [0, 0.1) is 0 Å². The summed E-state index contributed by atoms with van der Waals surface area (Å²) in [5, 5.41) is 1.11. The van der Waals surface area contributed by atoms with Crippen LogP contribution in [-0.4, -0.2) is 48.9 Å². The molecule has 5 heteroatoms. The molecule has 1 saturated heterocycles. The van der Waals surface area contributed by atoms with Crippen LogP contribution in [0.1, 0.15) is 12.0 Å². The molecule has 0 saturated carbocycles. The molecule has 3 nitrogen and oxygen atoms in total. The van der Waals surface area contributed by atoms with E-state index in [0.717, 1.165) is 18.7 Å². The number of benzene rings is 1. The van der Waals surface area contributed by atoms with Crippen LogP contribution in [0.2, 0.25) is 10.0 Å². The van der Waals surface area contributed by atoms with E-state index < -0.39 is 0 Å². The molecule has 0 radical (unpaired) electrons. The maximum absolute atomic E-state index is 12.0. The fourth-order valence-corrected chi connectivity index (χ4v) is 2.54. The predicted octanol–water partition coefficient (Wildman–Crippen LogP) is 2.70. The molecule has 0 aromatic heterocycles. The number of hydrogen-bond donors (Lipinski definition) is 0. The molecule has 0 spiro atoms. The first-order valence-corrected chi connectivity index (χ1v) is 7.11. The molecule has 1 fully saturated rings. The van der Waals surface area contributed by atoms with Gasteiger partial charge in [-0.2, -0.15) is 0 Å². The third-order valence-electron chi connectivity index (χ3n) is 3.59. The maximum Gasteiger partial charge on any atom is 0.223 e. The van der Waals surface area contributed by atoms with Gasteiger partial charge in [0.1, 0.15) is 0 Å². The van der Waals surface area contributed by atoms with Gasteiger partial charge in [0.2, 0.25) is 5.91 Å². The first-order valence-electron chi connectivity index (χ1n) is 6.36. The number of carbonyl (C=O) groups excluding carboxylic acids is 1. The lowest BCUT2D eigenvalue weighted by molar-refractivity contribution is -0.137. The third-order valence-corrected chi connectivity index (χ3v) is 4.44. The molecule has 1 aromatic carbocycles. The molecule has 1 heterocycles. The van der Waals surface area contributed by atoms with Crippen molar-refractivity contribution in [1.29, 1.82) is 0 Å². The zero-order valence-electron chi connectivity index (χ0n) is 11.2. The standard InChI is InChI=1S/C14H18Cl2N2O/c1-17(2)11-8-18(9-11)13(19)7-6-10-4-3-5-12(15)14(10)16/h3-5,11H,6-9H2,1-2H3. The first kappa shape index (κ1) is 14.6. The highest BCUT2D eigenvalue weighted by Crippen LogP contribution is 2.26. The van der Waals surface area contributed by atoms with E-state index >= 15 is 0 Å². The molecule has 1 aromatic rings. The number of likely N-dealkylation sites (tertiary alicyclic amines) is 1. The van der Waals surface area contributed by atoms with E-state index in [1.54, 1.807) is 6.07 Å². The summed E-state index contributed by atoms with van der Waals surface area (Å²) >= 11 is 12.1. The minimum Gasteiger partial charge on any atom is -0.339 e. The molecular formula is C14H18Cl2N2O. The molecule has 0 N–H and O–H groups in total. The van der Waals surface area contributed by atoms with E-state index in [0.29, 0.717) is 28.9 Å². The number of aryl methyl sites for hydroxylation is 1. The zero-order valence-corrected chi connectivity index (χ0v) is 12.7. The summed E-state index contributed by atoms with van der Waals surface area (Å²) in [6.07, 6.45) is 1.13. The molecule has 0 bridgehead atoms. The van der Waals surface area contributed by atoms with Crippen molar-refractivity contribution in [2.75, 3.05) is 27.2 Å². The minimum atomic E-state index is 0.189. The third kappa shape index (κ3) is 3.41. The van der Waals surface area contributed by atoms with Crippen LogP contribution in [0.15, 0.2) is 18.2 Å². The van der Waals surface area contributed by atoms with Gasteiger partial charge in [-0.15, -0.1) is 0 Å². The highest BCUT2D eigenvalue weighted by molar-refractivity contribution is 6.42. The Morgan fingerprint density at radius 3 is 2.68 bits per heavy atom. The van der Waals surface area contributed by atoms with E-state index in [9.17, 15) is 4.79 Å². The Labute approximate surface area is 124 Å². The molecule has 104 valence electrons. The number of rotatable bonds is 4. The van der Waals surface area contributed by atoms with E-state index in [1.807, 2.05) is 31.1 Å². The van der Waals surface area contributed by atoms with Crippen molar-refractivity contribution in [1.82, 2.24) is 9.80 Å². The summed E-state index contributed by atoms with van der Waals surface area (Å²) in [4.78, 5) is 16.0. The lowest BCUT2D eigenvalue weighted by Gasteiger charge is -2.42. The molecule has 0 unspecified atom stereocenters. The van der Waals surface area contributed by atoms with Crippen molar-refractivity contribution in [2.24, 2.45) is 0 Å². The van der Waals surface area contributed by atoms with Gasteiger partial charge in [0.05, 0.1) is 10.0 Å². The molecule has 2 rings (SSSR count).